The second-order valence-corrected chi connectivity index (χ2v) is 8.34. The van der Waals surface area contributed by atoms with Gasteiger partial charge in [0.1, 0.15) is 0 Å². The summed E-state index contributed by atoms with van der Waals surface area (Å²) >= 11 is 1.80. The zero-order valence-electron chi connectivity index (χ0n) is 16.0. The van der Waals surface area contributed by atoms with Gasteiger partial charge in [0.05, 0.1) is 6.04 Å². The van der Waals surface area contributed by atoms with E-state index in [1.165, 1.54) is 38.5 Å². The van der Waals surface area contributed by atoms with Crippen LogP contribution in [0.5, 0.6) is 0 Å². The number of nitrogens with one attached hydrogen (secondary N) is 1. The molecule has 0 bridgehead atoms. The summed E-state index contributed by atoms with van der Waals surface area (Å²) in [5.74, 6) is 1.03. The topological polar surface area (TPSA) is 70.7 Å². The number of hydrogen-bond acceptors (Lipinski definition) is 4. The maximum absolute atomic E-state index is 12.3. The number of halogens is 1. The normalized spacial score (nSPS) is 22.3. The Morgan fingerprint density at radius 3 is 2.56 bits per heavy atom. The molecular formula is C20H31ClN4OS. The number of carbonyl (C=O) groups excluding carboxylic acids is 1. The van der Waals surface area contributed by atoms with E-state index in [9.17, 15) is 4.79 Å². The number of amidine groups is 1. The first-order valence-corrected chi connectivity index (χ1v) is 10.6. The van der Waals surface area contributed by atoms with Crippen molar-refractivity contribution >= 4 is 40.9 Å². The van der Waals surface area contributed by atoms with Crippen LogP contribution < -0.4 is 11.1 Å². The number of nitrogen functional groups attached to an aromatic ring is 1. The molecule has 2 fully saturated rings. The average Bonchev–Trinajstić information content (AvgIpc) is 2.84. The van der Waals surface area contributed by atoms with E-state index >= 15 is 0 Å². The zero-order chi connectivity index (χ0) is 18.4. The Labute approximate surface area is 173 Å². The van der Waals surface area contributed by atoms with Crippen LogP contribution in [0.1, 0.15) is 50.5 Å². The highest BCUT2D eigenvalue weighted by molar-refractivity contribution is 8.14. The molecule has 1 amide bonds. The summed E-state index contributed by atoms with van der Waals surface area (Å²) in [4.78, 5) is 19.5. The van der Waals surface area contributed by atoms with Crippen LogP contribution in [0.4, 0.5) is 5.69 Å². The molecule has 2 aliphatic rings. The third-order valence-electron chi connectivity index (χ3n) is 5.26. The van der Waals surface area contributed by atoms with Crippen molar-refractivity contribution in [1.29, 1.82) is 0 Å². The van der Waals surface area contributed by atoms with Crippen LogP contribution in [0, 0.1) is 0 Å². The number of hydrogen-bond donors (Lipinski definition) is 2. The largest absolute Gasteiger partial charge is 0.399 e. The van der Waals surface area contributed by atoms with Crippen LogP contribution in [-0.4, -0.2) is 40.9 Å². The van der Waals surface area contributed by atoms with Crippen molar-refractivity contribution < 1.29 is 4.79 Å². The molecule has 1 aliphatic carbocycles. The first-order chi connectivity index (χ1) is 12.6. The van der Waals surface area contributed by atoms with Crippen molar-refractivity contribution in [3.63, 3.8) is 0 Å². The summed E-state index contributed by atoms with van der Waals surface area (Å²) in [5.41, 5.74) is 7.50. The first-order valence-electron chi connectivity index (χ1n) is 9.66. The number of benzene rings is 1. The SMILES string of the molecule is CN1/C(=N/C2CCCCCC2)SCC1CC(=O)NCc1ccc(N)cc1.Cl. The van der Waals surface area contributed by atoms with Crippen LogP contribution in [0.2, 0.25) is 0 Å². The summed E-state index contributed by atoms with van der Waals surface area (Å²) in [6.45, 7) is 0.547. The molecule has 1 aromatic rings. The average molecular weight is 411 g/mol. The Morgan fingerprint density at radius 1 is 1.22 bits per heavy atom. The summed E-state index contributed by atoms with van der Waals surface area (Å²) in [5, 5.41) is 4.13. The second-order valence-electron chi connectivity index (χ2n) is 7.36. The Balaban J connectivity index is 0.00000261. The molecule has 0 radical (unpaired) electrons. The Kier molecular flexibility index (Phi) is 8.77. The zero-order valence-corrected chi connectivity index (χ0v) is 17.7. The monoisotopic (exact) mass is 410 g/mol. The van der Waals surface area contributed by atoms with E-state index in [0.717, 1.165) is 22.2 Å². The fraction of sp³-hybridized carbons (Fsp3) is 0.600. The lowest BCUT2D eigenvalue weighted by Crippen LogP contribution is -2.36. The maximum Gasteiger partial charge on any atom is 0.222 e. The molecule has 1 aromatic carbocycles. The van der Waals surface area contributed by atoms with Crippen molar-refractivity contribution in [3.05, 3.63) is 29.8 Å². The number of rotatable bonds is 5. The molecule has 0 spiro atoms. The minimum atomic E-state index is 0. The molecule has 1 saturated heterocycles. The number of carbonyl (C=O) groups is 1. The fourth-order valence-electron chi connectivity index (χ4n) is 3.53. The summed E-state index contributed by atoms with van der Waals surface area (Å²) in [7, 11) is 2.08. The van der Waals surface area contributed by atoms with Crippen molar-refractivity contribution in [2.45, 2.75) is 63.6 Å². The number of aliphatic imine (C=N–C) groups is 1. The van der Waals surface area contributed by atoms with Gasteiger partial charge in [-0.05, 0) is 30.5 Å². The van der Waals surface area contributed by atoms with Gasteiger partial charge in [-0.1, -0.05) is 49.6 Å². The third kappa shape index (κ3) is 6.61. The molecule has 27 heavy (non-hydrogen) atoms. The predicted octanol–water partition coefficient (Wildman–Crippen LogP) is 3.82. The van der Waals surface area contributed by atoms with E-state index in [1.807, 2.05) is 24.3 Å². The number of nitrogens with two attached hydrogens (primary N) is 1. The lowest BCUT2D eigenvalue weighted by molar-refractivity contribution is -0.121. The van der Waals surface area contributed by atoms with Gasteiger partial charge in [0.25, 0.3) is 0 Å². The van der Waals surface area contributed by atoms with E-state index in [0.29, 0.717) is 19.0 Å². The van der Waals surface area contributed by atoms with E-state index in [1.54, 1.807) is 11.8 Å². The summed E-state index contributed by atoms with van der Waals surface area (Å²) < 4.78 is 0. The molecule has 0 aromatic heterocycles. The first kappa shape index (κ1) is 21.9. The highest BCUT2D eigenvalue weighted by Crippen LogP contribution is 2.27. The standard InChI is InChI=1S/C20H30N4OS.ClH/c1-24-18(12-19(25)22-13-15-8-10-16(21)11-9-15)14-26-20(24)23-17-6-4-2-3-5-7-17;/h8-11,17-18H,2-7,12-14,21H2,1H3,(H,22,25);1H/b23-20-;. The van der Waals surface area contributed by atoms with Crippen LogP contribution in [-0.2, 0) is 11.3 Å². The van der Waals surface area contributed by atoms with Gasteiger partial charge < -0.3 is 16.0 Å². The third-order valence-corrected chi connectivity index (χ3v) is 6.47. The molecule has 1 unspecified atom stereocenters. The molecule has 3 N–H and O–H groups in total. The van der Waals surface area contributed by atoms with Gasteiger partial charge in [-0.25, -0.2) is 0 Å². The van der Waals surface area contributed by atoms with Crippen LogP contribution in [0.15, 0.2) is 29.3 Å². The molecule has 150 valence electrons. The van der Waals surface area contributed by atoms with E-state index < -0.39 is 0 Å². The lowest BCUT2D eigenvalue weighted by Gasteiger charge is -2.21. The molecule has 3 rings (SSSR count). The van der Waals surface area contributed by atoms with Crippen molar-refractivity contribution in [1.82, 2.24) is 10.2 Å². The number of thioether (sulfide) groups is 1. The molecule has 1 aliphatic heterocycles. The predicted molar refractivity (Wildman–Crippen MR) is 118 cm³/mol. The van der Waals surface area contributed by atoms with Crippen LogP contribution >= 0.6 is 24.2 Å². The Bertz CT molecular complexity index is 629. The number of nitrogens with zero attached hydrogens (tertiary/aromatic N) is 2. The highest BCUT2D eigenvalue weighted by Gasteiger charge is 2.29. The minimum absolute atomic E-state index is 0. The Hall–Kier alpha value is -1.40. The van der Waals surface area contributed by atoms with Gasteiger partial charge in [0.2, 0.25) is 5.91 Å². The van der Waals surface area contributed by atoms with Gasteiger partial charge in [0, 0.05) is 37.5 Å². The molecular weight excluding hydrogens is 380 g/mol. The molecule has 1 saturated carbocycles. The van der Waals surface area contributed by atoms with E-state index in [4.69, 9.17) is 10.7 Å². The van der Waals surface area contributed by atoms with Gasteiger partial charge >= 0.3 is 0 Å². The van der Waals surface area contributed by atoms with Gasteiger partial charge in [-0.3, -0.25) is 9.79 Å². The van der Waals surface area contributed by atoms with E-state index in [2.05, 4.69) is 17.3 Å². The van der Waals surface area contributed by atoms with E-state index in [-0.39, 0.29) is 24.4 Å². The van der Waals surface area contributed by atoms with Crippen molar-refractivity contribution in [2.24, 2.45) is 4.99 Å². The number of anilines is 1. The second kappa shape index (κ2) is 10.8. The fourth-order valence-corrected chi connectivity index (χ4v) is 4.79. The quantitative estimate of drug-likeness (QED) is 0.571. The Morgan fingerprint density at radius 2 is 1.89 bits per heavy atom. The molecule has 7 heteroatoms. The smallest absolute Gasteiger partial charge is 0.222 e. The summed E-state index contributed by atoms with van der Waals surface area (Å²) in [6, 6.07) is 8.32. The molecule has 1 atom stereocenters. The van der Waals surface area contributed by atoms with Crippen molar-refractivity contribution in [2.75, 3.05) is 18.5 Å². The molecule has 5 nitrogen and oxygen atoms in total. The van der Waals surface area contributed by atoms with Crippen LogP contribution in [0.3, 0.4) is 0 Å². The summed E-state index contributed by atoms with van der Waals surface area (Å²) in [6.07, 6.45) is 8.24. The van der Waals surface area contributed by atoms with Crippen LogP contribution in [0.25, 0.3) is 0 Å². The lowest BCUT2D eigenvalue weighted by atomic mass is 10.1. The minimum Gasteiger partial charge on any atom is -0.399 e. The van der Waals surface area contributed by atoms with Crippen molar-refractivity contribution in [3.8, 4) is 0 Å². The number of amides is 1. The van der Waals surface area contributed by atoms with Gasteiger partial charge in [-0.2, -0.15) is 0 Å². The van der Waals surface area contributed by atoms with Gasteiger partial charge in [-0.15, -0.1) is 12.4 Å². The highest BCUT2D eigenvalue weighted by atomic mass is 35.5. The molecule has 1 heterocycles. The maximum atomic E-state index is 12.3. The van der Waals surface area contributed by atoms with Gasteiger partial charge in [0.15, 0.2) is 5.17 Å².